The molecule has 26 heavy (non-hydrogen) atoms. The van der Waals surface area contributed by atoms with Gasteiger partial charge in [0, 0.05) is 19.6 Å². The third-order valence-corrected chi connectivity index (χ3v) is 4.87. The van der Waals surface area contributed by atoms with Gasteiger partial charge in [0.1, 0.15) is 12.0 Å². The summed E-state index contributed by atoms with van der Waals surface area (Å²) in [5.74, 6) is 1.50. The zero-order valence-electron chi connectivity index (χ0n) is 14.9. The molecule has 0 radical (unpaired) electrons. The van der Waals surface area contributed by atoms with Crippen molar-refractivity contribution in [2.45, 2.75) is 26.4 Å². The normalized spacial score (nSPS) is 13.3. The summed E-state index contributed by atoms with van der Waals surface area (Å²) in [5.41, 5.74) is 12.2. The van der Waals surface area contributed by atoms with Crippen molar-refractivity contribution in [2.24, 2.45) is 0 Å². The summed E-state index contributed by atoms with van der Waals surface area (Å²) in [6, 6.07) is 17.0. The first-order chi connectivity index (χ1) is 12.7. The molecule has 1 aliphatic rings. The molecule has 0 amide bonds. The Balaban J connectivity index is 1.52. The predicted octanol–water partition coefficient (Wildman–Crippen LogP) is 3.54. The van der Waals surface area contributed by atoms with Crippen LogP contribution in [-0.2, 0) is 19.5 Å². The monoisotopic (exact) mass is 345 g/mol. The van der Waals surface area contributed by atoms with Gasteiger partial charge in [-0.15, -0.1) is 0 Å². The smallest absolute Gasteiger partial charge is 0.157 e. The molecule has 0 spiro atoms. The molecule has 4 rings (SSSR count). The number of rotatable bonds is 4. The average Bonchev–Trinajstić information content (AvgIpc) is 2.68. The molecule has 0 bridgehead atoms. The van der Waals surface area contributed by atoms with Crippen LogP contribution in [0, 0.1) is 6.92 Å². The van der Waals surface area contributed by atoms with Gasteiger partial charge >= 0.3 is 0 Å². The number of nitrogens with one attached hydrogen (secondary N) is 1. The van der Waals surface area contributed by atoms with Crippen LogP contribution in [0.1, 0.15) is 22.3 Å². The van der Waals surface area contributed by atoms with E-state index in [0.717, 1.165) is 25.3 Å². The van der Waals surface area contributed by atoms with E-state index in [9.17, 15) is 0 Å². The van der Waals surface area contributed by atoms with Gasteiger partial charge < -0.3 is 16.0 Å². The van der Waals surface area contributed by atoms with Crippen LogP contribution in [0.2, 0.25) is 0 Å². The van der Waals surface area contributed by atoms with Crippen molar-refractivity contribution in [1.82, 2.24) is 9.97 Å². The van der Waals surface area contributed by atoms with Crippen LogP contribution in [-0.4, -0.2) is 16.5 Å². The van der Waals surface area contributed by atoms with E-state index in [-0.39, 0.29) is 0 Å². The van der Waals surface area contributed by atoms with Crippen LogP contribution in [0.3, 0.4) is 0 Å². The molecule has 5 nitrogen and oxygen atoms in total. The SMILES string of the molecule is Cc1ccc(CNc2ncnc(N3CCc4ccccc4C3)c2N)cc1. The summed E-state index contributed by atoms with van der Waals surface area (Å²) in [6.07, 6.45) is 2.59. The molecule has 132 valence electrons. The number of aromatic nitrogens is 2. The highest BCUT2D eigenvalue weighted by Gasteiger charge is 2.20. The minimum atomic E-state index is 0.610. The van der Waals surface area contributed by atoms with Crippen molar-refractivity contribution in [2.75, 3.05) is 22.5 Å². The summed E-state index contributed by atoms with van der Waals surface area (Å²) in [5, 5.41) is 3.34. The lowest BCUT2D eigenvalue weighted by atomic mass is 10.00. The molecule has 0 fully saturated rings. The van der Waals surface area contributed by atoms with Crippen LogP contribution in [0.5, 0.6) is 0 Å². The van der Waals surface area contributed by atoms with Crippen LogP contribution >= 0.6 is 0 Å². The number of aryl methyl sites for hydroxylation is 1. The summed E-state index contributed by atoms with van der Waals surface area (Å²) >= 11 is 0. The van der Waals surface area contributed by atoms with Crippen LogP contribution < -0.4 is 16.0 Å². The summed E-state index contributed by atoms with van der Waals surface area (Å²) in [6.45, 7) is 4.51. The van der Waals surface area contributed by atoms with E-state index >= 15 is 0 Å². The van der Waals surface area contributed by atoms with Crippen molar-refractivity contribution in [3.8, 4) is 0 Å². The Kier molecular flexibility index (Phi) is 4.44. The van der Waals surface area contributed by atoms with E-state index in [0.29, 0.717) is 18.1 Å². The number of nitrogen functional groups attached to an aromatic ring is 1. The van der Waals surface area contributed by atoms with Crippen molar-refractivity contribution in [3.63, 3.8) is 0 Å². The Hall–Kier alpha value is -3.08. The van der Waals surface area contributed by atoms with Gasteiger partial charge in [0.05, 0.1) is 0 Å². The van der Waals surface area contributed by atoms with E-state index in [4.69, 9.17) is 5.73 Å². The van der Waals surface area contributed by atoms with Crippen molar-refractivity contribution in [3.05, 3.63) is 77.1 Å². The van der Waals surface area contributed by atoms with E-state index < -0.39 is 0 Å². The molecule has 0 saturated heterocycles. The highest BCUT2D eigenvalue weighted by atomic mass is 15.2. The maximum absolute atomic E-state index is 6.39. The second-order valence-electron chi connectivity index (χ2n) is 6.74. The van der Waals surface area contributed by atoms with Gasteiger partial charge in [0.25, 0.3) is 0 Å². The number of hydrogen-bond donors (Lipinski definition) is 2. The van der Waals surface area contributed by atoms with Gasteiger partial charge in [-0.25, -0.2) is 9.97 Å². The molecule has 2 aromatic carbocycles. The largest absolute Gasteiger partial charge is 0.393 e. The van der Waals surface area contributed by atoms with Gasteiger partial charge in [0.2, 0.25) is 0 Å². The number of benzene rings is 2. The zero-order chi connectivity index (χ0) is 17.9. The van der Waals surface area contributed by atoms with Crippen molar-refractivity contribution in [1.29, 1.82) is 0 Å². The third-order valence-electron chi connectivity index (χ3n) is 4.87. The molecule has 0 saturated carbocycles. The van der Waals surface area contributed by atoms with Crippen LogP contribution in [0.15, 0.2) is 54.9 Å². The predicted molar refractivity (Wildman–Crippen MR) is 106 cm³/mol. The lowest BCUT2D eigenvalue weighted by Gasteiger charge is -2.30. The zero-order valence-corrected chi connectivity index (χ0v) is 14.9. The maximum atomic E-state index is 6.39. The van der Waals surface area contributed by atoms with Gasteiger partial charge in [-0.2, -0.15) is 0 Å². The Bertz CT molecular complexity index is 905. The second-order valence-corrected chi connectivity index (χ2v) is 6.74. The molecule has 1 aliphatic heterocycles. The highest BCUT2D eigenvalue weighted by Crippen LogP contribution is 2.30. The third kappa shape index (κ3) is 3.33. The van der Waals surface area contributed by atoms with Crippen molar-refractivity contribution >= 4 is 17.3 Å². The molecular weight excluding hydrogens is 322 g/mol. The fraction of sp³-hybridized carbons (Fsp3) is 0.238. The molecule has 0 unspecified atom stereocenters. The molecular formula is C21H23N5. The molecule has 3 aromatic rings. The van der Waals surface area contributed by atoms with E-state index in [1.807, 2.05) is 0 Å². The molecule has 2 heterocycles. The fourth-order valence-electron chi connectivity index (χ4n) is 3.35. The lowest BCUT2D eigenvalue weighted by Crippen LogP contribution is -2.31. The fourth-order valence-corrected chi connectivity index (χ4v) is 3.35. The van der Waals surface area contributed by atoms with Crippen LogP contribution in [0.4, 0.5) is 17.3 Å². The first-order valence-corrected chi connectivity index (χ1v) is 8.92. The Morgan fingerprint density at radius 2 is 1.81 bits per heavy atom. The summed E-state index contributed by atoms with van der Waals surface area (Å²) in [7, 11) is 0. The first kappa shape index (κ1) is 16.4. The Morgan fingerprint density at radius 1 is 1.04 bits per heavy atom. The molecule has 1 aromatic heterocycles. The van der Waals surface area contributed by atoms with Gasteiger partial charge in [0.15, 0.2) is 11.6 Å². The standard InChI is InChI=1S/C21H23N5/c1-15-6-8-16(9-7-15)12-23-20-19(22)21(25-14-24-20)26-11-10-17-4-2-3-5-18(17)13-26/h2-9,14H,10-13,22H2,1H3,(H,23,24,25). The maximum Gasteiger partial charge on any atom is 0.157 e. The minimum Gasteiger partial charge on any atom is -0.393 e. The Labute approximate surface area is 153 Å². The number of fused-ring (bicyclic) bond motifs is 1. The van der Waals surface area contributed by atoms with Gasteiger partial charge in [-0.1, -0.05) is 54.1 Å². The van der Waals surface area contributed by atoms with E-state index in [2.05, 4.69) is 75.6 Å². The lowest BCUT2D eigenvalue weighted by molar-refractivity contribution is 0.720. The van der Waals surface area contributed by atoms with Crippen molar-refractivity contribution < 1.29 is 0 Å². The van der Waals surface area contributed by atoms with Gasteiger partial charge in [-0.05, 0) is 30.0 Å². The second kappa shape index (κ2) is 7.04. The quantitative estimate of drug-likeness (QED) is 0.757. The highest BCUT2D eigenvalue weighted by molar-refractivity contribution is 5.75. The molecule has 5 heteroatoms. The topological polar surface area (TPSA) is 67.1 Å². The number of nitrogens with two attached hydrogens (primary N) is 1. The summed E-state index contributed by atoms with van der Waals surface area (Å²) in [4.78, 5) is 11.0. The van der Waals surface area contributed by atoms with E-state index in [1.54, 1.807) is 6.33 Å². The van der Waals surface area contributed by atoms with Crippen LogP contribution in [0.25, 0.3) is 0 Å². The number of nitrogens with zero attached hydrogens (tertiary/aromatic N) is 3. The number of anilines is 3. The minimum absolute atomic E-state index is 0.610. The molecule has 3 N–H and O–H groups in total. The number of hydrogen-bond acceptors (Lipinski definition) is 5. The molecule has 0 aliphatic carbocycles. The molecule has 0 atom stereocenters. The van der Waals surface area contributed by atoms with E-state index in [1.165, 1.54) is 22.3 Å². The average molecular weight is 345 g/mol. The summed E-state index contributed by atoms with van der Waals surface area (Å²) < 4.78 is 0. The Morgan fingerprint density at radius 3 is 2.62 bits per heavy atom. The first-order valence-electron chi connectivity index (χ1n) is 8.92. The van der Waals surface area contributed by atoms with Gasteiger partial charge in [-0.3, -0.25) is 0 Å².